The summed E-state index contributed by atoms with van der Waals surface area (Å²) in [6.45, 7) is 5.97. The average Bonchev–Trinajstić information content (AvgIpc) is 2.62. The van der Waals surface area contributed by atoms with E-state index in [1.807, 2.05) is 0 Å². The van der Waals surface area contributed by atoms with Crippen LogP contribution in [-0.2, 0) is 20.2 Å². The number of nitrogens with one attached hydrogen (secondary N) is 1. The first-order valence-electron chi connectivity index (χ1n) is 9.51. The highest BCUT2D eigenvalue weighted by molar-refractivity contribution is 7.89. The summed E-state index contributed by atoms with van der Waals surface area (Å²) in [5, 5.41) is 0. The van der Waals surface area contributed by atoms with E-state index in [0.29, 0.717) is 50.9 Å². The van der Waals surface area contributed by atoms with Crippen LogP contribution in [0.1, 0.15) is 33.1 Å². The van der Waals surface area contributed by atoms with Gasteiger partial charge in [0.05, 0.1) is 4.90 Å². The molecule has 3 rings (SSSR count). The Morgan fingerprint density at radius 2 is 1.44 bits per heavy atom. The first-order chi connectivity index (χ1) is 12.7. The number of hydrogen-bond donors (Lipinski definition) is 1. The van der Waals surface area contributed by atoms with Crippen molar-refractivity contribution in [3.63, 3.8) is 0 Å². The van der Waals surface area contributed by atoms with Gasteiger partial charge in [0, 0.05) is 32.2 Å². The van der Waals surface area contributed by atoms with Crippen molar-refractivity contribution < 1.29 is 16.8 Å². The Morgan fingerprint density at radius 3 is 2.00 bits per heavy atom. The third kappa shape index (κ3) is 4.89. The van der Waals surface area contributed by atoms with E-state index in [4.69, 9.17) is 0 Å². The lowest BCUT2D eigenvalue weighted by atomic mass is 9.94. The Kier molecular flexibility index (Phi) is 6.27. The normalized spacial score (nSPS) is 26.9. The van der Waals surface area contributed by atoms with Crippen molar-refractivity contribution in [1.82, 2.24) is 13.3 Å². The van der Waals surface area contributed by atoms with Gasteiger partial charge < -0.3 is 0 Å². The number of piperidine rings is 2. The van der Waals surface area contributed by atoms with Gasteiger partial charge in [-0.1, -0.05) is 32.0 Å². The standard InChI is InChI=1S/C18H29N3O4S2/c1-15-12-16(2)14-21(13-15)27(24,25)20-10-8-17(9-11-20)19-26(22,23)18-6-4-3-5-7-18/h3-7,15-17,19H,8-14H2,1-2H3/t15-,16-/m0/s1. The second-order valence-electron chi connectivity index (χ2n) is 7.88. The molecule has 2 fully saturated rings. The summed E-state index contributed by atoms with van der Waals surface area (Å²) in [5.41, 5.74) is 0. The maximum absolute atomic E-state index is 13.0. The van der Waals surface area contributed by atoms with Crippen LogP contribution in [0.25, 0.3) is 0 Å². The molecular weight excluding hydrogens is 386 g/mol. The number of hydrogen-bond acceptors (Lipinski definition) is 4. The van der Waals surface area contributed by atoms with Gasteiger partial charge in [-0.3, -0.25) is 0 Å². The summed E-state index contributed by atoms with van der Waals surface area (Å²) < 4.78 is 56.6. The molecule has 0 aromatic heterocycles. The molecule has 27 heavy (non-hydrogen) atoms. The maximum atomic E-state index is 13.0. The minimum Gasteiger partial charge on any atom is -0.208 e. The third-order valence-electron chi connectivity index (χ3n) is 5.32. The molecular formula is C18H29N3O4S2. The maximum Gasteiger partial charge on any atom is 0.281 e. The zero-order chi connectivity index (χ0) is 19.7. The third-order valence-corrected chi connectivity index (χ3v) is 8.82. The van der Waals surface area contributed by atoms with Gasteiger partial charge in [0.2, 0.25) is 10.0 Å². The fourth-order valence-corrected chi connectivity index (χ4v) is 7.26. The fraction of sp³-hybridized carbons (Fsp3) is 0.667. The molecule has 9 heteroatoms. The molecule has 2 saturated heterocycles. The zero-order valence-electron chi connectivity index (χ0n) is 15.9. The molecule has 7 nitrogen and oxygen atoms in total. The van der Waals surface area contributed by atoms with Crippen LogP contribution in [0.2, 0.25) is 0 Å². The Morgan fingerprint density at radius 1 is 0.889 bits per heavy atom. The summed E-state index contributed by atoms with van der Waals surface area (Å²) in [6.07, 6.45) is 2.00. The topological polar surface area (TPSA) is 86.8 Å². The van der Waals surface area contributed by atoms with Crippen molar-refractivity contribution in [2.75, 3.05) is 26.2 Å². The number of sulfonamides is 1. The van der Waals surface area contributed by atoms with Crippen molar-refractivity contribution in [3.05, 3.63) is 30.3 Å². The van der Waals surface area contributed by atoms with E-state index in [-0.39, 0.29) is 10.9 Å². The Hall–Kier alpha value is -1.00. The molecule has 0 bridgehead atoms. The molecule has 1 aromatic rings. The molecule has 2 aliphatic heterocycles. The highest BCUT2D eigenvalue weighted by atomic mass is 32.2. The summed E-state index contributed by atoms with van der Waals surface area (Å²) >= 11 is 0. The Bertz CT molecular complexity index is 825. The first kappa shape index (κ1) is 20.7. The monoisotopic (exact) mass is 415 g/mol. The van der Waals surface area contributed by atoms with Crippen LogP contribution >= 0.6 is 0 Å². The predicted molar refractivity (Wildman–Crippen MR) is 105 cm³/mol. The van der Waals surface area contributed by atoms with E-state index >= 15 is 0 Å². The van der Waals surface area contributed by atoms with Crippen LogP contribution in [0, 0.1) is 11.8 Å². The lowest BCUT2D eigenvalue weighted by Crippen LogP contribution is -2.53. The lowest BCUT2D eigenvalue weighted by molar-refractivity contribution is 0.201. The first-order valence-corrected chi connectivity index (χ1v) is 12.4. The van der Waals surface area contributed by atoms with Crippen LogP contribution in [0.3, 0.4) is 0 Å². The van der Waals surface area contributed by atoms with E-state index in [0.717, 1.165) is 6.42 Å². The number of benzene rings is 1. The van der Waals surface area contributed by atoms with Crippen molar-refractivity contribution in [3.8, 4) is 0 Å². The molecule has 152 valence electrons. The van der Waals surface area contributed by atoms with Crippen molar-refractivity contribution in [2.24, 2.45) is 11.8 Å². The van der Waals surface area contributed by atoms with Crippen molar-refractivity contribution in [1.29, 1.82) is 0 Å². The zero-order valence-corrected chi connectivity index (χ0v) is 17.5. The number of nitrogens with zero attached hydrogens (tertiary/aromatic N) is 2. The van der Waals surface area contributed by atoms with Crippen molar-refractivity contribution >= 4 is 20.2 Å². The molecule has 2 heterocycles. The molecule has 2 atom stereocenters. The minimum atomic E-state index is -3.58. The summed E-state index contributed by atoms with van der Waals surface area (Å²) in [5.74, 6) is 0.720. The van der Waals surface area contributed by atoms with Gasteiger partial charge in [0.25, 0.3) is 10.2 Å². The highest BCUT2D eigenvalue weighted by Crippen LogP contribution is 2.26. The quantitative estimate of drug-likeness (QED) is 0.792. The lowest BCUT2D eigenvalue weighted by Gasteiger charge is -2.39. The van der Waals surface area contributed by atoms with E-state index < -0.39 is 20.2 Å². The van der Waals surface area contributed by atoms with Gasteiger partial charge in [-0.15, -0.1) is 0 Å². The molecule has 0 saturated carbocycles. The predicted octanol–water partition coefficient (Wildman–Crippen LogP) is 1.65. The van der Waals surface area contributed by atoms with E-state index in [1.165, 1.54) is 4.31 Å². The Balaban J connectivity index is 1.60. The second-order valence-corrected chi connectivity index (χ2v) is 11.5. The fourth-order valence-electron chi connectivity index (χ4n) is 4.05. The highest BCUT2D eigenvalue weighted by Gasteiger charge is 2.37. The van der Waals surface area contributed by atoms with Crippen molar-refractivity contribution in [2.45, 2.75) is 44.0 Å². The molecule has 0 amide bonds. The van der Waals surface area contributed by atoms with Crippen LogP contribution < -0.4 is 4.72 Å². The molecule has 1 aromatic carbocycles. The van der Waals surface area contributed by atoms with E-state index in [9.17, 15) is 16.8 Å². The second kappa shape index (κ2) is 8.16. The largest absolute Gasteiger partial charge is 0.281 e. The number of rotatable bonds is 5. The van der Waals surface area contributed by atoms with Gasteiger partial charge in [-0.05, 0) is 43.2 Å². The molecule has 1 N–H and O–H groups in total. The van der Waals surface area contributed by atoms with Gasteiger partial charge in [-0.2, -0.15) is 17.0 Å². The van der Waals surface area contributed by atoms with Gasteiger partial charge >= 0.3 is 0 Å². The average molecular weight is 416 g/mol. The minimum absolute atomic E-state index is 0.233. The summed E-state index contributed by atoms with van der Waals surface area (Å²) in [6, 6.07) is 8.00. The van der Waals surface area contributed by atoms with Crippen LogP contribution in [-0.4, -0.2) is 57.7 Å². The molecule has 0 aliphatic carbocycles. The Labute approximate surface area is 163 Å². The van der Waals surface area contributed by atoms with E-state index in [2.05, 4.69) is 18.6 Å². The molecule has 0 spiro atoms. The van der Waals surface area contributed by atoms with Gasteiger partial charge in [-0.25, -0.2) is 13.1 Å². The van der Waals surface area contributed by atoms with Gasteiger partial charge in [0.1, 0.15) is 0 Å². The van der Waals surface area contributed by atoms with E-state index in [1.54, 1.807) is 34.6 Å². The van der Waals surface area contributed by atoms with Gasteiger partial charge in [0.15, 0.2) is 0 Å². The molecule has 0 unspecified atom stereocenters. The summed E-state index contributed by atoms with van der Waals surface area (Å²) in [4.78, 5) is 0.233. The van der Waals surface area contributed by atoms with Crippen LogP contribution in [0.5, 0.6) is 0 Å². The van der Waals surface area contributed by atoms with Crippen LogP contribution in [0.15, 0.2) is 35.2 Å². The molecule has 0 radical (unpaired) electrons. The van der Waals surface area contributed by atoms with Crippen LogP contribution in [0.4, 0.5) is 0 Å². The molecule has 2 aliphatic rings. The SMILES string of the molecule is C[C@H]1C[C@H](C)CN(S(=O)(=O)N2CCC(NS(=O)(=O)c3ccccc3)CC2)C1. The smallest absolute Gasteiger partial charge is 0.208 e. The summed E-state index contributed by atoms with van der Waals surface area (Å²) in [7, 11) is -7.06.